The van der Waals surface area contributed by atoms with Crippen molar-refractivity contribution in [3.8, 4) is 17.1 Å². The van der Waals surface area contributed by atoms with Crippen molar-refractivity contribution >= 4 is 0 Å². The van der Waals surface area contributed by atoms with Gasteiger partial charge in [-0.25, -0.2) is 0 Å². The summed E-state index contributed by atoms with van der Waals surface area (Å²) in [5, 5.41) is 16.9. The van der Waals surface area contributed by atoms with E-state index in [4.69, 9.17) is 4.52 Å². The van der Waals surface area contributed by atoms with Crippen molar-refractivity contribution in [3.63, 3.8) is 0 Å². The number of nitrogens with zero attached hydrogens (tertiary/aromatic N) is 2. The minimum Gasteiger partial charge on any atom is -0.507 e. The van der Waals surface area contributed by atoms with E-state index >= 15 is 0 Å². The highest BCUT2D eigenvalue weighted by molar-refractivity contribution is 5.60. The first-order valence-electron chi connectivity index (χ1n) is 6.38. The van der Waals surface area contributed by atoms with Gasteiger partial charge in [0.25, 0.3) is 0 Å². The molecule has 0 fully saturated rings. The molecule has 0 radical (unpaired) electrons. The highest BCUT2D eigenvalue weighted by atomic mass is 16.5. The number of phenols is 1. The van der Waals surface area contributed by atoms with Gasteiger partial charge in [0, 0.05) is 5.56 Å². The zero-order valence-corrected chi connectivity index (χ0v) is 11.7. The lowest BCUT2D eigenvalue weighted by molar-refractivity contribution is 0.334. The monoisotopic (exact) mass is 261 g/mol. The minimum absolute atomic E-state index is 0.0700. The van der Waals surface area contributed by atoms with E-state index in [-0.39, 0.29) is 6.04 Å². The quantitative estimate of drug-likeness (QED) is 0.885. The molecule has 0 amide bonds. The number of phenolic OH excluding ortho intramolecular Hbond substituents is 1. The molecule has 1 atom stereocenters. The van der Waals surface area contributed by atoms with Gasteiger partial charge in [-0.05, 0) is 50.6 Å². The molecular formula is C14H19N3O2. The average molecular weight is 261 g/mol. The number of aryl methyl sites for hydroxylation is 2. The van der Waals surface area contributed by atoms with E-state index in [0.717, 1.165) is 23.1 Å². The molecule has 0 saturated heterocycles. The smallest absolute Gasteiger partial charge is 0.244 e. The zero-order chi connectivity index (χ0) is 14.0. The van der Waals surface area contributed by atoms with Gasteiger partial charge in [-0.1, -0.05) is 12.1 Å². The van der Waals surface area contributed by atoms with Crippen LogP contribution in [-0.2, 0) is 0 Å². The van der Waals surface area contributed by atoms with Crippen molar-refractivity contribution in [2.75, 3.05) is 7.05 Å². The number of hydrogen-bond donors (Lipinski definition) is 2. The fourth-order valence-corrected chi connectivity index (χ4v) is 2.08. The number of aromatic nitrogens is 2. The van der Waals surface area contributed by atoms with Crippen LogP contribution in [0.15, 0.2) is 16.7 Å². The predicted molar refractivity (Wildman–Crippen MR) is 73.0 cm³/mol. The van der Waals surface area contributed by atoms with Gasteiger partial charge < -0.3 is 14.9 Å². The van der Waals surface area contributed by atoms with Crippen LogP contribution in [-0.4, -0.2) is 22.3 Å². The fourth-order valence-electron chi connectivity index (χ4n) is 2.08. The van der Waals surface area contributed by atoms with Gasteiger partial charge >= 0.3 is 0 Å². The van der Waals surface area contributed by atoms with Crippen LogP contribution in [0.3, 0.4) is 0 Å². The summed E-state index contributed by atoms with van der Waals surface area (Å²) in [6, 6.07) is 3.79. The number of benzene rings is 1. The maximum atomic E-state index is 9.77. The molecular weight excluding hydrogens is 242 g/mol. The Morgan fingerprint density at radius 3 is 2.47 bits per heavy atom. The molecule has 1 unspecified atom stereocenters. The van der Waals surface area contributed by atoms with Gasteiger partial charge in [0.2, 0.25) is 11.7 Å². The summed E-state index contributed by atoms with van der Waals surface area (Å²) in [5.74, 6) is 1.45. The third-order valence-corrected chi connectivity index (χ3v) is 3.25. The third-order valence-electron chi connectivity index (χ3n) is 3.25. The van der Waals surface area contributed by atoms with E-state index in [2.05, 4.69) is 22.4 Å². The molecule has 2 aromatic rings. The average Bonchev–Trinajstić information content (AvgIpc) is 2.86. The zero-order valence-electron chi connectivity index (χ0n) is 11.7. The lowest BCUT2D eigenvalue weighted by atomic mass is 10.1. The second-order valence-electron chi connectivity index (χ2n) is 4.66. The number of hydrogen-bond acceptors (Lipinski definition) is 5. The molecule has 1 aromatic carbocycles. The molecule has 5 heteroatoms. The normalized spacial score (nSPS) is 12.6. The summed E-state index contributed by atoms with van der Waals surface area (Å²) in [6.07, 6.45) is 0.881. The van der Waals surface area contributed by atoms with Crippen LogP contribution >= 0.6 is 0 Å². The van der Waals surface area contributed by atoms with Crippen LogP contribution in [0.25, 0.3) is 11.4 Å². The molecule has 1 aromatic heterocycles. The Labute approximate surface area is 112 Å². The number of nitrogens with one attached hydrogen (secondary N) is 1. The summed E-state index contributed by atoms with van der Waals surface area (Å²) in [7, 11) is 1.87. The van der Waals surface area contributed by atoms with E-state index in [0.29, 0.717) is 17.5 Å². The Morgan fingerprint density at radius 1 is 1.32 bits per heavy atom. The van der Waals surface area contributed by atoms with Gasteiger partial charge in [-0.2, -0.15) is 4.98 Å². The van der Waals surface area contributed by atoms with Crippen LogP contribution in [0.4, 0.5) is 0 Å². The third kappa shape index (κ3) is 2.61. The molecule has 0 bridgehead atoms. The molecule has 102 valence electrons. The van der Waals surface area contributed by atoms with Gasteiger partial charge in [-0.3, -0.25) is 0 Å². The highest BCUT2D eigenvalue weighted by Gasteiger charge is 2.17. The second-order valence-corrected chi connectivity index (χ2v) is 4.66. The fraction of sp³-hybridized carbons (Fsp3) is 0.429. The minimum atomic E-state index is 0.0700. The molecule has 0 aliphatic heterocycles. The first kappa shape index (κ1) is 13.5. The first-order valence-corrected chi connectivity index (χ1v) is 6.38. The molecule has 0 spiro atoms. The maximum absolute atomic E-state index is 9.77. The molecule has 0 aliphatic rings. The van der Waals surface area contributed by atoms with Gasteiger partial charge in [0.15, 0.2) is 0 Å². The van der Waals surface area contributed by atoms with Crippen LogP contribution in [0.1, 0.15) is 36.4 Å². The molecule has 0 aliphatic carbocycles. The predicted octanol–water partition coefficient (Wildman–Crippen LogP) is 2.73. The molecule has 19 heavy (non-hydrogen) atoms. The topological polar surface area (TPSA) is 71.2 Å². The standard InChI is InChI=1S/C14H19N3O2/c1-5-11(15-4)14-16-13(17-19-14)10-6-8(2)12(18)9(3)7-10/h6-7,11,15,18H,5H2,1-4H3. The summed E-state index contributed by atoms with van der Waals surface area (Å²) in [6.45, 7) is 5.77. The van der Waals surface area contributed by atoms with Crippen LogP contribution in [0, 0.1) is 13.8 Å². The Hall–Kier alpha value is -1.88. The van der Waals surface area contributed by atoms with Crippen molar-refractivity contribution in [1.29, 1.82) is 0 Å². The Kier molecular flexibility index (Phi) is 3.85. The summed E-state index contributed by atoms with van der Waals surface area (Å²) in [5.41, 5.74) is 2.47. The van der Waals surface area contributed by atoms with Gasteiger partial charge in [0.05, 0.1) is 6.04 Å². The van der Waals surface area contributed by atoms with Gasteiger partial charge in [0.1, 0.15) is 5.75 Å². The van der Waals surface area contributed by atoms with Crippen LogP contribution in [0.2, 0.25) is 0 Å². The van der Waals surface area contributed by atoms with E-state index in [1.54, 1.807) is 0 Å². The lowest BCUT2D eigenvalue weighted by Crippen LogP contribution is -2.15. The van der Waals surface area contributed by atoms with Crippen molar-refractivity contribution in [3.05, 3.63) is 29.2 Å². The number of rotatable bonds is 4. The Balaban J connectivity index is 2.38. The van der Waals surface area contributed by atoms with Crippen molar-refractivity contribution in [2.45, 2.75) is 33.2 Å². The molecule has 2 rings (SSSR count). The largest absolute Gasteiger partial charge is 0.507 e. The molecule has 0 saturated carbocycles. The first-order chi connectivity index (χ1) is 9.06. The van der Waals surface area contributed by atoms with Crippen molar-refractivity contribution in [2.24, 2.45) is 0 Å². The van der Waals surface area contributed by atoms with E-state index in [1.165, 1.54) is 0 Å². The molecule has 2 N–H and O–H groups in total. The highest BCUT2D eigenvalue weighted by Crippen LogP contribution is 2.28. The van der Waals surface area contributed by atoms with Crippen molar-refractivity contribution in [1.82, 2.24) is 15.5 Å². The molecule has 5 nitrogen and oxygen atoms in total. The van der Waals surface area contributed by atoms with Gasteiger partial charge in [-0.15, -0.1) is 0 Å². The number of aromatic hydroxyl groups is 1. The van der Waals surface area contributed by atoms with Crippen LogP contribution < -0.4 is 5.32 Å². The van der Waals surface area contributed by atoms with E-state index in [1.807, 2.05) is 33.0 Å². The van der Waals surface area contributed by atoms with E-state index in [9.17, 15) is 5.11 Å². The second kappa shape index (κ2) is 5.40. The van der Waals surface area contributed by atoms with Crippen molar-refractivity contribution < 1.29 is 9.63 Å². The SMILES string of the molecule is CCC(NC)c1nc(-c2cc(C)c(O)c(C)c2)no1. The maximum Gasteiger partial charge on any atom is 0.244 e. The summed E-state index contributed by atoms with van der Waals surface area (Å²) < 4.78 is 5.29. The van der Waals surface area contributed by atoms with Crippen LogP contribution in [0.5, 0.6) is 5.75 Å². The molecule has 1 heterocycles. The van der Waals surface area contributed by atoms with E-state index < -0.39 is 0 Å². The summed E-state index contributed by atoms with van der Waals surface area (Å²) >= 11 is 0. The Bertz CT molecular complexity index is 551. The summed E-state index contributed by atoms with van der Waals surface area (Å²) in [4.78, 5) is 4.41. The lowest BCUT2D eigenvalue weighted by Gasteiger charge is -2.07. The Morgan fingerprint density at radius 2 is 1.95 bits per heavy atom.